The maximum absolute atomic E-state index is 11.1. The summed E-state index contributed by atoms with van der Waals surface area (Å²) in [5, 5.41) is 13.0. The summed E-state index contributed by atoms with van der Waals surface area (Å²) in [4.78, 5) is 11.1. The standard InChI is InChI=1S/C32H50O5Si/c1-32(2,3)38(29-20-14-12-15-21-29,30-22-16-13-17-23-30)37-27-28(33)26-36-25-19-11-9-7-5-6-8-10-18-24-31(34)35-4/h12-17,20-23,28,33H,5-11,18-19,24-27H2,1-4H3/t28-/m0/s1. The maximum Gasteiger partial charge on any atom is 0.305 e. The lowest BCUT2D eigenvalue weighted by atomic mass is 10.1. The molecule has 0 aliphatic rings. The van der Waals surface area contributed by atoms with Gasteiger partial charge in [0, 0.05) is 13.0 Å². The van der Waals surface area contributed by atoms with Crippen molar-refractivity contribution in [2.45, 2.75) is 96.1 Å². The van der Waals surface area contributed by atoms with Crippen LogP contribution in [0.15, 0.2) is 60.7 Å². The van der Waals surface area contributed by atoms with Gasteiger partial charge in [-0.15, -0.1) is 0 Å². The molecule has 0 aliphatic heterocycles. The fourth-order valence-electron chi connectivity index (χ4n) is 5.06. The topological polar surface area (TPSA) is 65.0 Å². The van der Waals surface area contributed by atoms with Crippen molar-refractivity contribution in [3.63, 3.8) is 0 Å². The molecule has 0 saturated carbocycles. The van der Waals surface area contributed by atoms with Crippen molar-refractivity contribution < 1.29 is 23.8 Å². The second-order valence-corrected chi connectivity index (χ2v) is 15.5. The molecular weight excluding hydrogens is 492 g/mol. The molecule has 2 aromatic carbocycles. The van der Waals surface area contributed by atoms with Crippen LogP contribution in [0.3, 0.4) is 0 Å². The number of benzene rings is 2. The first-order valence-corrected chi connectivity index (χ1v) is 16.3. The molecular formula is C32H50O5Si. The molecule has 2 aromatic rings. The summed E-state index contributed by atoms with van der Waals surface area (Å²) in [7, 11) is -1.19. The van der Waals surface area contributed by atoms with Crippen LogP contribution in [0.25, 0.3) is 0 Å². The minimum atomic E-state index is -2.64. The molecule has 38 heavy (non-hydrogen) atoms. The molecule has 0 aliphatic carbocycles. The highest BCUT2D eigenvalue weighted by Crippen LogP contribution is 2.36. The van der Waals surface area contributed by atoms with Crippen LogP contribution in [0.4, 0.5) is 0 Å². The molecule has 1 N–H and O–H groups in total. The Bertz CT molecular complexity index is 842. The van der Waals surface area contributed by atoms with Crippen LogP contribution in [0.5, 0.6) is 0 Å². The number of unbranched alkanes of at least 4 members (excludes halogenated alkanes) is 8. The van der Waals surface area contributed by atoms with E-state index in [1.54, 1.807) is 0 Å². The van der Waals surface area contributed by atoms with E-state index in [-0.39, 0.29) is 17.6 Å². The highest BCUT2D eigenvalue weighted by atomic mass is 28.4. The van der Waals surface area contributed by atoms with Gasteiger partial charge in [0.15, 0.2) is 0 Å². The molecule has 5 nitrogen and oxygen atoms in total. The Hall–Kier alpha value is -1.99. The van der Waals surface area contributed by atoms with Gasteiger partial charge in [0.1, 0.15) is 0 Å². The van der Waals surface area contributed by atoms with Crippen molar-refractivity contribution in [1.29, 1.82) is 0 Å². The lowest BCUT2D eigenvalue weighted by molar-refractivity contribution is -0.140. The van der Waals surface area contributed by atoms with Crippen molar-refractivity contribution in [3.8, 4) is 0 Å². The lowest BCUT2D eigenvalue weighted by Crippen LogP contribution is -2.67. The number of aliphatic hydroxyl groups is 1. The molecule has 0 radical (unpaired) electrons. The van der Waals surface area contributed by atoms with E-state index < -0.39 is 14.4 Å². The van der Waals surface area contributed by atoms with Gasteiger partial charge in [-0.2, -0.15) is 0 Å². The number of methoxy groups -OCH3 is 1. The Labute approximate surface area is 232 Å². The minimum Gasteiger partial charge on any atom is -0.469 e. The molecule has 0 fully saturated rings. The van der Waals surface area contributed by atoms with Crippen LogP contribution < -0.4 is 10.4 Å². The molecule has 2 rings (SSSR count). The van der Waals surface area contributed by atoms with Gasteiger partial charge in [-0.3, -0.25) is 4.79 Å². The highest BCUT2D eigenvalue weighted by molar-refractivity contribution is 6.99. The second kappa shape index (κ2) is 17.6. The third-order valence-electron chi connectivity index (χ3n) is 7.12. The van der Waals surface area contributed by atoms with Crippen LogP contribution >= 0.6 is 0 Å². The van der Waals surface area contributed by atoms with Crippen molar-refractivity contribution in [3.05, 3.63) is 60.7 Å². The monoisotopic (exact) mass is 542 g/mol. The lowest BCUT2D eigenvalue weighted by Gasteiger charge is -2.43. The number of carbonyl (C=O) groups is 1. The van der Waals surface area contributed by atoms with Gasteiger partial charge < -0.3 is 19.0 Å². The Kier molecular flexibility index (Phi) is 14.9. The summed E-state index contributed by atoms with van der Waals surface area (Å²) in [6, 6.07) is 21.0. The molecule has 0 saturated heterocycles. The minimum absolute atomic E-state index is 0.105. The molecule has 6 heteroatoms. The van der Waals surface area contributed by atoms with E-state index >= 15 is 0 Å². The number of rotatable bonds is 19. The molecule has 1 atom stereocenters. The summed E-state index contributed by atoms with van der Waals surface area (Å²) in [6.45, 7) is 7.95. The first-order valence-electron chi connectivity index (χ1n) is 14.4. The van der Waals surface area contributed by atoms with E-state index in [4.69, 9.17) is 9.16 Å². The number of hydrogen-bond acceptors (Lipinski definition) is 5. The van der Waals surface area contributed by atoms with Crippen LogP contribution in [0.2, 0.25) is 5.04 Å². The van der Waals surface area contributed by atoms with Crippen molar-refractivity contribution >= 4 is 24.7 Å². The molecule has 0 aromatic heterocycles. The van der Waals surface area contributed by atoms with Gasteiger partial charge in [-0.1, -0.05) is 126 Å². The van der Waals surface area contributed by atoms with Crippen molar-refractivity contribution in [1.82, 2.24) is 0 Å². The molecule has 0 amide bonds. The van der Waals surface area contributed by atoms with Gasteiger partial charge in [0.05, 0.1) is 26.4 Å². The predicted octanol–water partition coefficient (Wildman–Crippen LogP) is 6.01. The van der Waals surface area contributed by atoms with Crippen LogP contribution in [-0.4, -0.2) is 52.4 Å². The fourth-order valence-corrected chi connectivity index (χ4v) is 9.66. The number of hydrogen-bond donors (Lipinski definition) is 1. The van der Waals surface area contributed by atoms with E-state index in [0.717, 1.165) is 25.7 Å². The van der Waals surface area contributed by atoms with E-state index in [0.29, 0.717) is 19.6 Å². The Morgan fingerprint density at radius 1 is 0.763 bits per heavy atom. The third kappa shape index (κ3) is 10.6. The van der Waals surface area contributed by atoms with E-state index in [1.165, 1.54) is 49.6 Å². The molecule has 212 valence electrons. The summed E-state index contributed by atoms with van der Waals surface area (Å²) < 4.78 is 17.3. The average Bonchev–Trinajstić information content (AvgIpc) is 2.92. The zero-order chi connectivity index (χ0) is 27.7. The second-order valence-electron chi connectivity index (χ2n) is 11.2. The molecule has 0 unspecified atom stereocenters. The Balaban J connectivity index is 1.69. The SMILES string of the molecule is COC(=O)CCCCCCCCCCCOC[C@H](O)CO[Si](c1ccccc1)(c1ccccc1)C(C)(C)C. The van der Waals surface area contributed by atoms with Crippen LogP contribution in [-0.2, 0) is 18.7 Å². The number of ether oxygens (including phenoxy) is 2. The smallest absolute Gasteiger partial charge is 0.305 e. The fraction of sp³-hybridized carbons (Fsp3) is 0.594. The van der Waals surface area contributed by atoms with Gasteiger partial charge >= 0.3 is 5.97 Å². The largest absolute Gasteiger partial charge is 0.469 e. The first-order chi connectivity index (χ1) is 18.3. The Morgan fingerprint density at radius 3 is 1.71 bits per heavy atom. The maximum atomic E-state index is 11.1. The normalized spacial score (nSPS) is 12.9. The number of esters is 1. The summed E-state index contributed by atoms with van der Waals surface area (Å²) in [6.07, 6.45) is 10.2. The van der Waals surface area contributed by atoms with Crippen LogP contribution in [0.1, 0.15) is 85.0 Å². The average molecular weight is 543 g/mol. The number of aliphatic hydroxyl groups excluding tert-OH is 1. The quantitative estimate of drug-likeness (QED) is 0.134. The summed E-state index contributed by atoms with van der Waals surface area (Å²) in [5.74, 6) is -0.105. The first kappa shape index (κ1) is 32.2. The highest BCUT2D eigenvalue weighted by Gasteiger charge is 2.50. The number of carbonyl (C=O) groups excluding carboxylic acids is 1. The van der Waals surface area contributed by atoms with E-state index in [1.807, 2.05) is 12.1 Å². The van der Waals surface area contributed by atoms with Gasteiger partial charge in [0.2, 0.25) is 0 Å². The summed E-state index contributed by atoms with van der Waals surface area (Å²) in [5.41, 5.74) is 0. The molecule has 0 heterocycles. The van der Waals surface area contributed by atoms with Crippen molar-refractivity contribution in [2.75, 3.05) is 26.9 Å². The third-order valence-corrected chi connectivity index (χ3v) is 12.1. The van der Waals surface area contributed by atoms with Gasteiger partial charge in [-0.05, 0) is 28.3 Å². The van der Waals surface area contributed by atoms with Crippen LogP contribution in [0, 0.1) is 0 Å². The molecule has 0 bridgehead atoms. The predicted molar refractivity (Wildman–Crippen MR) is 159 cm³/mol. The van der Waals surface area contributed by atoms with E-state index in [9.17, 15) is 9.90 Å². The zero-order valence-corrected chi connectivity index (χ0v) is 25.1. The van der Waals surface area contributed by atoms with Gasteiger partial charge in [0.25, 0.3) is 8.32 Å². The summed E-state index contributed by atoms with van der Waals surface area (Å²) >= 11 is 0. The van der Waals surface area contributed by atoms with Crippen molar-refractivity contribution in [2.24, 2.45) is 0 Å². The van der Waals surface area contributed by atoms with Gasteiger partial charge in [-0.25, -0.2) is 0 Å². The Morgan fingerprint density at radius 2 is 1.24 bits per heavy atom. The molecule has 0 spiro atoms. The zero-order valence-electron chi connectivity index (χ0n) is 24.1. The van der Waals surface area contributed by atoms with E-state index in [2.05, 4.69) is 74.0 Å².